The number of hydrogen-bond acceptors (Lipinski definition) is 6. The molecule has 4 aromatic heterocycles. The molecule has 0 radical (unpaired) electrons. The SMILES string of the molecule is c1ccc(N(c2ccc3c(c2)oc2cc4ccccc4cc23)c2ccc3c(c2)oc2cc4cc5c(cc4cc23)sc2cc(N(c3ccccc3)c3ccc4c(c3)oc3cc6ccccc6cc34)ccc25)cc1. The summed E-state index contributed by atoms with van der Waals surface area (Å²) in [4.78, 5) is 4.60. The Morgan fingerprint density at radius 3 is 1.03 bits per heavy atom. The zero-order valence-electron chi connectivity index (χ0n) is 38.5. The van der Waals surface area contributed by atoms with Gasteiger partial charge in [-0.2, -0.15) is 0 Å². The van der Waals surface area contributed by atoms with Crippen LogP contribution >= 0.6 is 11.3 Å². The molecule has 0 N–H and O–H groups in total. The van der Waals surface area contributed by atoms with E-state index in [0.29, 0.717) is 0 Å². The molecule has 16 aromatic rings. The quantitative estimate of drug-likeness (QED) is 0.166. The second-order valence-corrected chi connectivity index (χ2v) is 20.0. The van der Waals surface area contributed by atoms with Crippen LogP contribution in [0.15, 0.2) is 244 Å². The lowest BCUT2D eigenvalue weighted by Crippen LogP contribution is -2.09. The first-order valence-electron chi connectivity index (χ1n) is 24.3. The van der Waals surface area contributed by atoms with Crippen molar-refractivity contribution in [3.05, 3.63) is 231 Å². The topological polar surface area (TPSA) is 45.9 Å². The molecule has 0 spiro atoms. The second-order valence-electron chi connectivity index (χ2n) is 18.9. The monoisotopic (exact) mass is 938 g/mol. The molecule has 0 aliphatic rings. The Kier molecular flexibility index (Phi) is 8.26. The van der Waals surface area contributed by atoms with Crippen LogP contribution in [-0.4, -0.2) is 0 Å². The lowest BCUT2D eigenvalue weighted by Gasteiger charge is -2.25. The minimum Gasteiger partial charge on any atom is -0.456 e. The van der Waals surface area contributed by atoms with Crippen LogP contribution in [0, 0.1) is 0 Å². The van der Waals surface area contributed by atoms with E-state index in [2.05, 4.69) is 240 Å². The largest absolute Gasteiger partial charge is 0.456 e. The zero-order valence-corrected chi connectivity index (χ0v) is 39.3. The summed E-state index contributed by atoms with van der Waals surface area (Å²) < 4.78 is 22.4. The van der Waals surface area contributed by atoms with Crippen molar-refractivity contribution in [3.63, 3.8) is 0 Å². The first-order chi connectivity index (χ1) is 35.6. The number of thiophene rings is 1. The van der Waals surface area contributed by atoms with Gasteiger partial charge >= 0.3 is 0 Å². The van der Waals surface area contributed by atoms with Crippen LogP contribution in [0.5, 0.6) is 0 Å². The summed E-state index contributed by atoms with van der Waals surface area (Å²) in [6.07, 6.45) is 0. The second kappa shape index (κ2) is 15.1. The Morgan fingerprint density at radius 2 is 0.556 bits per heavy atom. The van der Waals surface area contributed by atoms with E-state index in [0.717, 1.165) is 105 Å². The molecule has 4 heterocycles. The van der Waals surface area contributed by atoms with E-state index in [1.807, 2.05) is 11.3 Å². The maximum absolute atomic E-state index is 6.79. The fourth-order valence-electron chi connectivity index (χ4n) is 11.3. The third-order valence-electron chi connectivity index (χ3n) is 14.7. The van der Waals surface area contributed by atoms with Gasteiger partial charge in [0.05, 0.1) is 0 Å². The molecule has 0 atom stereocenters. The van der Waals surface area contributed by atoms with Gasteiger partial charge in [-0.25, -0.2) is 0 Å². The van der Waals surface area contributed by atoms with Gasteiger partial charge in [0.15, 0.2) is 0 Å². The van der Waals surface area contributed by atoms with Gasteiger partial charge in [0, 0.05) is 105 Å². The van der Waals surface area contributed by atoms with Crippen LogP contribution < -0.4 is 9.80 Å². The summed E-state index contributed by atoms with van der Waals surface area (Å²) in [5.41, 5.74) is 11.5. The molecule has 0 bridgehead atoms. The van der Waals surface area contributed by atoms with Crippen molar-refractivity contribution in [2.45, 2.75) is 0 Å². The van der Waals surface area contributed by atoms with E-state index in [1.165, 1.54) is 47.1 Å². The smallest absolute Gasteiger partial charge is 0.137 e. The first kappa shape index (κ1) is 39.5. The Bertz CT molecular complexity index is 4580. The fraction of sp³-hybridized carbons (Fsp3) is 0. The average Bonchev–Trinajstić information content (AvgIpc) is 4.17. The predicted octanol–water partition coefficient (Wildman–Crippen LogP) is 20.2. The lowest BCUT2D eigenvalue weighted by atomic mass is 10.0. The molecule has 0 aliphatic heterocycles. The summed E-state index contributed by atoms with van der Waals surface area (Å²) in [5.74, 6) is 0. The van der Waals surface area contributed by atoms with Crippen molar-refractivity contribution >= 4 is 164 Å². The molecule has 6 heteroatoms. The molecular weight excluding hydrogens is 901 g/mol. The number of rotatable bonds is 6. The third kappa shape index (κ3) is 6.06. The van der Waals surface area contributed by atoms with Crippen LogP contribution in [-0.2, 0) is 0 Å². The molecule has 16 rings (SSSR count). The molecule has 5 nitrogen and oxygen atoms in total. The van der Waals surface area contributed by atoms with Crippen LogP contribution in [0.4, 0.5) is 34.1 Å². The van der Waals surface area contributed by atoms with Crippen LogP contribution in [0.3, 0.4) is 0 Å². The summed E-state index contributed by atoms with van der Waals surface area (Å²) >= 11 is 1.84. The van der Waals surface area contributed by atoms with Crippen LogP contribution in [0.2, 0.25) is 0 Å². The average molecular weight is 939 g/mol. The minimum absolute atomic E-state index is 0.839. The van der Waals surface area contributed by atoms with Gasteiger partial charge in [-0.15, -0.1) is 11.3 Å². The fourth-order valence-corrected chi connectivity index (χ4v) is 12.4. The van der Waals surface area contributed by atoms with Gasteiger partial charge in [0.25, 0.3) is 0 Å². The van der Waals surface area contributed by atoms with Gasteiger partial charge in [-0.05, 0) is 154 Å². The van der Waals surface area contributed by atoms with Crippen molar-refractivity contribution in [3.8, 4) is 0 Å². The predicted molar refractivity (Wildman–Crippen MR) is 303 cm³/mol. The van der Waals surface area contributed by atoms with Gasteiger partial charge in [0.1, 0.15) is 33.5 Å². The van der Waals surface area contributed by atoms with Crippen molar-refractivity contribution in [1.29, 1.82) is 0 Å². The van der Waals surface area contributed by atoms with E-state index >= 15 is 0 Å². The lowest BCUT2D eigenvalue weighted by molar-refractivity contribution is 0.669. The molecule has 72 heavy (non-hydrogen) atoms. The molecule has 12 aromatic carbocycles. The summed E-state index contributed by atoms with van der Waals surface area (Å²) in [6.45, 7) is 0. The number of para-hydroxylation sites is 2. The number of fused-ring (bicyclic) bond motifs is 15. The van der Waals surface area contributed by atoms with Crippen LogP contribution in [0.1, 0.15) is 0 Å². The number of nitrogens with zero attached hydrogens (tertiary/aromatic N) is 2. The number of furan rings is 3. The number of hydrogen-bond donors (Lipinski definition) is 0. The summed E-state index contributed by atoms with van der Waals surface area (Å²) in [6, 6.07) is 82.5. The van der Waals surface area contributed by atoms with E-state index < -0.39 is 0 Å². The summed E-state index contributed by atoms with van der Waals surface area (Å²) in [7, 11) is 0. The maximum atomic E-state index is 6.79. The number of benzene rings is 12. The molecule has 0 fully saturated rings. The van der Waals surface area contributed by atoms with Crippen molar-refractivity contribution < 1.29 is 13.3 Å². The van der Waals surface area contributed by atoms with Gasteiger partial charge in [0.2, 0.25) is 0 Å². The molecule has 0 saturated heterocycles. The van der Waals surface area contributed by atoms with Gasteiger partial charge < -0.3 is 23.1 Å². The third-order valence-corrected chi connectivity index (χ3v) is 15.8. The molecule has 0 aliphatic carbocycles. The minimum atomic E-state index is 0.839. The molecule has 0 unspecified atom stereocenters. The van der Waals surface area contributed by atoms with Crippen molar-refractivity contribution in [2.24, 2.45) is 0 Å². The molecule has 0 amide bonds. The molecular formula is C66H38N2O3S. The van der Waals surface area contributed by atoms with Crippen molar-refractivity contribution in [1.82, 2.24) is 0 Å². The molecule has 0 saturated carbocycles. The van der Waals surface area contributed by atoms with Gasteiger partial charge in [-0.1, -0.05) is 91.0 Å². The van der Waals surface area contributed by atoms with Gasteiger partial charge in [-0.3, -0.25) is 0 Å². The van der Waals surface area contributed by atoms with E-state index in [4.69, 9.17) is 13.3 Å². The normalized spacial score (nSPS) is 12.2. The van der Waals surface area contributed by atoms with E-state index in [1.54, 1.807) is 0 Å². The highest BCUT2D eigenvalue weighted by Gasteiger charge is 2.21. The highest BCUT2D eigenvalue weighted by molar-refractivity contribution is 7.26. The van der Waals surface area contributed by atoms with Crippen LogP contribution in [0.25, 0.3) is 118 Å². The zero-order chi connectivity index (χ0) is 47.0. The standard InChI is InChI=1S/C66H38N2O3S/c1-3-15-45(16-4-1)67(47-19-23-51-55-27-39-11-7-9-13-41(39)31-59(55)69-62(51)35-47)48-20-25-53-57-29-44-34-65-58(30-43(44)33-61(57)71-64(53)36-48)54-26-22-50(38-66(54)72-65)68(46-17-5-2-6-18-46)49-21-24-52-56-28-40-12-8-10-14-42(40)32-60(56)70-63(52)37-49/h1-38H. The highest BCUT2D eigenvalue weighted by atomic mass is 32.1. The highest BCUT2D eigenvalue weighted by Crippen LogP contribution is 2.46. The Hall–Kier alpha value is -9.36. The van der Waals surface area contributed by atoms with Crippen molar-refractivity contribution in [2.75, 3.05) is 9.80 Å². The van der Waals surface area contributed by atoms with E-state index in [-0.39, 0.29) is 0 Å². The van der Waals surface area contributed by atoms with E-state index in [9.17, 15) is 0 Å². The maximum Gasteiger partial charge on any atom is 0.137 e. The summed E-state index contributed by atoms with van der Waals surface area (Å²) in [5, 5.41) is 16.2. The Balaban J connectivity index is 0.775. The Labute approximate surface area is 415 Å². The first-order valence-corrected chi connectivity index (χ1v) is 25.1. The molecule has 336 valence electrons. The Morgan fingerprint density at radius 1 is 0.222 bits per heavy atom. The number of anilines is 6.